The van der Waals surface area contributed by atoms with Crippen molar-refractivity contribution < 1.29 is 14.4 Å². The highest BCUT2D eigenvalue weighted by Crippen LogP contribution is 2.03. The summed E-state index contributed by atoms with van der Waals surface area (Å²) in [5.41, 5.74) is 4.75. The molecule has 16 heavy (non-hydrogen) atoms. The monoisotopic (exact) mass is 228 g/mol. The van der Waals surface area contributed by atoms with E-state index in [1.165, 1.54) is 6.08 Å². The second kappa shape index (κ2) is 8.43. The summed E-state index contributed by atoms with van der Waals surface area (Å²) in [7, 11) is 0. The molecule has 1 atom stereocenters. The van der Waals surface area contributed by atoms with E-state index in [9.17, 15) is 14.4 Å². The third-order valence-electron chi connectivity index (χ3n) is 1.82. The first kappa shape index (κ1) is 14.1. The predicted molar refractivity (Wildman–Crippen MR) is 57.3 cm³/mol. The van der Waals surface area contributed by atoms with Gasteiger partial charge in [0, 0.05) is 0 Å². The lowest BCUT2D eigenvalue weighted by molar-refractivity contribution is 0.228. The van der Waals surface area contributed by atoms with Crippen molar-refractivity contribution >= 4 is 18.1 Å². The molecule has 0 aliphatic rings. The molecule has 0 spiro atoms. The Morgan fingerprint density at radius 2 is 2.12 bits per heavy atom. The van der Waals surface area contributed by atoms with Crippen molar-refractivity contribution in [3.63, 3.8) is 0 Å². The fourth-order valence-corrected chi connectivity index (χ4v) is 1.12. The molecule has 0 aromatic carbocycles. The van der Waals surface area contributed by atoms with Crippen molar-refractivity contribution in [2.24, 2.45) is 10.7 Å². The van der Waals surface area contributed by atoms with Crippen LogP contribution in [0.5, 0.6) is 0 Å². The molecule has 0 fully saturated rings. The van der Waals surface area contributed by atoms with E-state index in [1.54, 1.807) is 0 Å². The van der Waals surface area contributed by atoms with Crippen molar-refractivity contribution in [2.45, 2.75) is 38.8 Å². The van der Waals surface area contributed by atoms with E-state index < -0.39 is 18.2 Å². The summed E-state index contributed by atoms with van der Waals surface area (Å²) >= 11 is 0. The summed E-state index contributed by atoms with van der Waals surface area (Å²) in [6, 6.07) is -1.73. The maximum absolute atomic E-state index is 11.1. The van der Waals surface area contributed by atoms with Crippen LogP contribution in [0.2, 0.25) is 0 Å². The molecule has 0 saturated heterocycles. The molecule has 0 aromatic heterocycles. The number of imide groups is 1. The Bertz CT molecular complexity index is 286. The molecule has 90 valence electrons. The maximum Gasteiger partial charge on any atom is 0.324 e. The van der Waals surface area contributed by atoms with E-state index in [2.05, 4.69) is 10.3 Å². The summed E-state index contributed by atoms with van der Waals surface area (Å²) in [5, 5.41) is 4.15. The Morgan fingerprint density at radius 1 is 1.44 bits per heavy atom. The van der Waals surface area contributed by atoms with E-state index in [-0.39, 0.29) is 0 Å². The van der Waals surface area contributed by atoms with E-state index in [0.717, 1.165) is 19.3 Å². The summed E-state index contributed by atoms with van der Waals surface area (Å²) in [4.78, 5) is 34.9. The van der Waals surface area contributed by atoms with Gasteiger partial charge in [0.05, 0.1) is 0 Å². The normalized spacial score (nSPS) is 11.1. The molecule has 7 heteroatoms. The fourth-order valence-electron chi connectivity index (χ4n) is 1.12. The van der Waals surface area contributed by atoms with Gasteiger partial charge in [-0.05, 0) is 12.8 Å². The molecule has 0 aliphatic heterocycles. The van der Waals surface area contributed by atoms with Gasteiger partial charge < -0.3 is 11.1 Å². The number of nitrogens with zero attached hydrogens (tertiary/aromatic N) is 1. The van der Waals surface area contributed by atoms with Crippen LogP contribution in [0.1, 0.15) is 32.6 Å². The van der Waals surface area contributed by atoms with Crippen LogP contribution < -0.4 is 16.4 Å². The number of primary amides is 1. The molecule has 4 N–H and O–H groups in total. The smallest absolute Gasteiger partial charge is 0.324 e. The highest BCUT2D eigenvalue weighted by Gasteiger charge is 2.11. The number of hydrogen-bond donors (Lipinski definition) is 3. The van der Waals surface area contributed by atoms with Gasteiger partial charge in [0.15, 0.2) is 0 Å². The molecule has 0 radical (unpaired) electrons. The van der Waals surface area contributed by atoms with Crippen molar-refractivity contribution in [1.29, 1.82) is 0 Å². The summed E-state index contributed by atoms with van der Waals surface area (Å²) in [6.07, 6.45) is 4.05. The van der Waals surface area contributed by atoms with Gasteiger partial charge in [0.25, 0.3) is 0 Å². The molecule has 1 unspecified atom stereocenters. The van der Waals surface area contributed by atoms with Crippen LogP contribution in [0.3, 0.4) is 0 Å². The zero-order chi connectivity index (χ0) is 12.4. The molecule has 0 saturated carbocycles. The molecule has 0 aliphatic carbocycles. The molecular weight excluding hydrogens is 212 g/mol. The van der Waals surface area contributed by atoms with Gasteiger partial charge in [-0.3, -0.25) is 5.32 Å². The molecule has 7 nitrogen and oxygen atoms in total. The first-order chi connectivity index (χ1) is 7.60. The molecule has 0 bridgehead atoms. The maximum atomic E-state index is 11.1. The molecule has 4 amide bonds. The summed E-state index contributed by atoms with van der Waals surface area (Å²) in [5.74, 6) is 0. The zero-order valence-corrected chi connectivity index (χ0v) is 9.16. The minimum absolute atomic E-state index is 0.523. The van der Waals surface area contributed by atoms with Crippen LogP contribution >= 0.6 is 0 Å². The van der Waals surface area contributed by atoms with Crippen LogP contribution in [0.25, 0.3) is 0 Å². The standard InChI is InChI=1S/C9H16N4O3/c1-2-3-4-5-7(11-6-14)12-9(16)13-8(10)15/h7H,2-5H2,1H3,(H4,10,12,13,15,16). The topological polar surface area (TPSA) is 114 Å². The Morgan fingerprint density at radius 3 is 2.62 bits per heavy atom. The number of hydrogen-bond acceptors (Lipinski definition) is 4. The summed E-state index contributed by atoms with van der Waals surface area (Å²) < 4.78 is 0. The second-order valence-corrected chi connectivity index (χ2v) is 3.19. The van der Waals surface area contributed by atoms with Crippen LogP contribution in [0.15, 0.2) is 4.99 Å². The van der Waals surface area contributed by atoms with E-state index in [0.29, 0.717) is 6.42 Å². The van der Waals surface area contributed by atoms with Crippen molar-refractivity contribution in [2.75, 3.05) is 0 Å². The number of carbonyl (C=O) groups excluding carboxylic acids is 3. The predicted octanol–water partition coefficient (Wildman–Crippen LogP) is 0.607. The van der Waals surface area contributed by atoms with Crippen LogP contribution in [0.4, 0.5) is 9.59 Å². The average molecular weight is 228 g/mol. The number of nitrogens with two attached hydrogens (primary N) is 1. The molecule has 0 rings (SSSR count). The summed E-state index contributed by atoms with van der Waals surface area (Å²) in [6.45, 7) is 2.03. The van der Waals surface area contributed by atoms with Crippen molar-refractivity contribution in [3.8, 4) is 0 Å². The third-order valence-corrected chi connectivity index (χ3v) is 1.82. The number of isocyanates is 1. The molecule has 0 aromatic rings. The molecule has 0 heterocycles. The first-order valence-corrected chi connectivity index (χ1v) is 5.04. The van der Waals surface area contributed by atoms with E-state index in [4.69, 9.17) is 5.73 Å². The first-order valence-electron chi connectivity index (χ1n) is 5.04. The Kier molecular flexibility index (Phi) is 7.44. The van der Waals surface area contributed by atoms with Crippen LogP contribution in [0, 0.1) is 0 Å². The van der Waals surface area contributed by atoms with Crippen molar-refractivity contribution in [3.05, 3.63) is 0 Å². The minimum Gasteiger partial charge on any atom is -0.351 e. The Labute approximate surface area is 93.5 Å². The SMILES string of the molecule is CCCCCC(N=C=O)NC(=O)NC(N)=O. The molecular formula is C9H16N4O3. The highest BCUT2D eigenvalue weighted by molar-refractivity contribution is 5.92. The van der Waals surface area contributed by atoms with Gasteiger partial charge in [-0.2, -0.15) is 4.99 Å². The number of unbranched alkanes of at least 4 members (excludes halogenated alkanes) is 2. The lowest BCUT2D eigenvalue weighted by Crippen LogP contribution is -2.45. The second-order valence-electron chi connectivity index (χ2n) is 3.19. The number of aliphatic imine (C=N–C) groups is 1. The van der Waals surface area contributed by atoms with Gasteiger partial charge in [-0.25, -0.2) is 14.4 Å². The van der Waals surface area contributed by atoms with E-state index in [1.807, 2.05) is 12.2 Å². The van der Waals surface area contributed by atoms with Crippen LogP contribution in [-0.2, 0) is 4.79 Å². The van der Waals surface area contributed by atoms with E-state index >= 15 is 0 Å². The highest BCUT2D eigenvalue weighted by atomic mass is 16.2. The third kappa shape index (κ3) is 7.52. The van der Waals surface area contributed by atoms with Gasteiger partial charge >= 0.3 is 12.1 Å². The van der Waals surface area contributed by atoms with Crippen molar-refractivity contribution in [1.82, 2.24) is 10.6 Å². The van der Waals surface area contributed by atoms with Gasteiger partial charge in [-0.15, -0.1) is 0 Å². The van der Waals surface area contributed by atoms with Gasteiger partial charge in [-0.1, -0.05) is 19.8 Å². The number of urea groups is 2. The van der Waals surface area contributed by atoms with Crippen LogP contribution in [-0.4, -0.2) is 24.3 Å². The minimum atomic E-state index is -0.958. The quantitative estimate of drug-likeness (QED) is 0.351. The Balaban J connectivity index is 4.06. The number of nitrogens with one attached hydrogen (secondary N) is 2. The Hall–Kier alpha value is -1.88. The number of amides is 4. The lowest BCUT2D eigenvalue weighted by atomic mass is 10.2. The zero-order valence-electron chi connectivity index (χ0n) is 9.16. The largest absolute Gasteiger partial charge is 0.351 e. The number of rotatable bonds is 6. The fraction of sp³-hybridized carbons (Fsp3) is 0.667. The van der Waals surface area contributed by atoms with Gasteiger partial charge in [0.1, 0.15) is 6.17 Å². The average Bonchev–Trinajstić information content (AvgIpc) is 2.16. The number of carbonyl (C=O) groups is 2. The lowest BCUT2D eigenvalue weighted by Gasteiger charge is -2.12. The van der Waals surface area contributed by atoms with Gasteiger partial charge in [0.2, 0.25) is 6.08 Å².